The number of carbonyl (C=O) groups excluding carboxylic acids is 1. The molecule has 0 bridgehead atoms. The lowest BCUT2D eigenvalue weighted by atomic mass is 10.2. The molecule has 112 valence electrons. The molecule has 2 amide bonds. The molecule has 0 radical (unpaired) electrons. The van der Waals surface area contributed by atoms with E-state index in [9.17, 15) is 9.59 Å². The average molecular weight is 276 g/mol. The van der Waals surface area contributed by atoms with Crippen molar-refractivity contribution in [3.8, 4) is 0 Å². The topological polar surface area (TPSA) is 99.1 Å². The van der Waals surface area contributed by atoms with Gasteiger partial charge in [0.1, 0.15) is 0 Å². The van der Waals surface area contributed by atoms with Crippen LogP contribution in [0.5, 0.6) is 0 Å². The summed E-state index contributed by atoms with van der Waals surface area (Å²) < 4.78 is 5.11. The first-order chi connectivity index (χ1) is 8.90. The first-order valence-electron chi connectivity index (χ1n) is 6.36. The fourth-order valence-corrected chi connectivity index (χ4v) is 1.35. The highest BCUT2D eigenvalue weighted by atomic mass is 16.5. The van der Waals surface area contributed by atoms with Gasteiger partial charge >= 0.3 is 12.0 Å². The largest absolute Gasteiger partial charge is 0.481 e. The van der Waals surface area contributed by atoms with Gasteiger partial charge in [0.2, 0.25) is 0 Å². The lowest BCUT2D eigenvalue weighted by Gasteiger charge is -2.27. The Morgan fingerprint density at radius 3 is 2.37 bits per heavy atom. The number of carbonyl (C=O) groups is 2. The van der Waals surface area contributed by atoms with Crippen molar-refractivity contribution in [1.29, 1.82) is 0 Å². The van der Waals surface area contributed by atoms with Crippen LogP contribution in [-0.4, -0.2) is 66.1 Å². The van der Waals surface area contributed by atoms with E-state index in [-0.39, 0.29) is 31.8 Å². The molecule has 1 atom stereocenters. The van der Waals surface area contributed by atoms with Crippen molar-refractivity contribution >= 4 is 12.0 Å². The number of aliphatic hydroxyl groups is 1. The Labute approximate surface area is 113 Å². The zero-order chi connectivity index (χ0) is 14.8. The molecule has 0 aliphatic carbocycles. The molecule has 0 fully saturated rings. The van der Waals surface area contributed by atoms with Crippen LogP contribution >= 0.6 is 0 Å². The molecule has 0 aromatic carbocycles. The van der Waals surface area contributed by atoms with Crippen molar-refractivity contribution in [3.63, 3.8) is 0 Å². The number of rotatable bonds is 9. The Balaban J connectivity index is 4.14. The summed E-state index contributed by atoms with van der Waals surface area (Å²) in [5.74, 6) is -1.56. The highest BCUT2D eigenvalue weighted by Gasteiger charge is 2.18. The number of aliphatic hydroxyl groups excluding tert-OH is 1. The van der Waals surface area contributed by atoms with Gasteiger partial charge in [-0.2, -0.15) is 0 Å². The minimum atomic E-state index is -0.942. The summed E-state index contributed by atoms with van der Waals surface area (Å²) in [5, 5.41) is 19.9. The third-order valence-electron chi connectivity index (χ3n) is 2.58. The summed E-state index contributed by atoms with van der Waals surface area (Å²) in [7, 11) is 0. The second kappa shape index (κ2) is 9.57. The van der Waals surface area contributed by atoms with Gasteiger partial charge in [-0.1, -0.05) is 6.92 Å². The van der Waals surface area contributed by atoms with Crippen LogP contribution < -0.4 is 5.32 Å². The second-order valence-electron chi connectivity index (χ2n) is 4.55. The molecule has 0 heterocycles. The molecule has 7 heteroatoms. The maximum atomic E-state index is 11.9. The van der Waals surface area contributed by atoms with Crippen molar-refractivity contribution in [1.82, 2.24) is 10.2 Å². The number of aliphatic carboxylic acids is 1. The summed E-state index contributed by atoms with van der Waals surface area (Å²) in [5.41, 5.74) is 0. The van der Waals surface area contributed by atoms with Gasteiger partial charge < -0.3 is 25.2 Å². The van der Waals surface area contributed by atoms with Crippen molar-refractivity contribution in [2.45, 2.75) is 26.8 Å². The van der Waals surface area contributed by atoms with E-state index >= 15 is 0 Å². The standard InChI is InChI=1S/C12H24N2O5/c1-9(2)14(4-6-19-7-5-15)12(18)13-8-10(3)11(16)17/h9-10,15H,4-8H2,1-3H3,(H,13,18)(H,16,17). The fraction of sp³-hybridized carbons (Fsp3) is 0.833. The first kappa shape index (κ1) is 17.7. The normalized spacial score (nSPS) is 12.3. The van der Waals surface area contributed by atoms with Crippen LogP contribution in [0.25, 0.3) is 0 Å². The van der Waals surface area contributed by atoms with E-state index in [1.54, 1.807) is 4.90 Å². The number of ether oxygens (including phenoxy) is 1. The van der Waals surface area contributed by atoms with Gasteiger partial charge in [0.15, 0.2) is 0 Å². The number of carboxylic acids is 1. The molecular weight excluding hydrogens is 252 g/mol. The maximum Gasteiger partial charge on any atom is 0.317 e. The molecule has 19 heavy (non-hydrogen) atoms. The van der Waals surface area contributed by atoms with E-state index < -0.39 is 11.9 Å². The second-order valence-corrected chi connectivity index (χ2v) is 4.55. The van der Waals surface area contributed by atoms with E-state index in [2.05, 4.69) is 5.32 Å². The smallest absolute Gasteiger partial charge is 0.317 e. The highest BCUT2D eigenvalue weighted by Crippen LogP contribution is 2.00. The van der Waals surface area contributed by atoms with Gasteiger partial charge in [-0.3, -0.25) is 4.79 Å². The van der Waals surface area contributed by atoms with Crippen LogP contribution in [0, 0.1) is 5.92 Å². The Kier molecular flexibility index (Phi) is 8.90. The molecule has 0 aliphatic rings. The lowest BCUT2D eigenvalue weighted by molar-refractivity contribution is -0.140. The third-order valence-corrected chi connectivity index (χ3v) is 2.58. The number of nitrogens with zero attached hydrogens (tertiary/aromatic N) is 1. The molecule has 1 unspecified atom stereocenters. The quantitative estimate of drug-likeness (QED) is 0.520. The summed E-state index contributed by atoms with van der Waals surface area (Å²) in [6.45, 7) is 6.28. The van der Waals surface area contributed by atoms with Gasteiger partial charge in [0.05, 0.1) is 25.7 Å². The zero-order valence-electron chi connectivity index (χ0n) is 11.8. The van der Waals surface area contributed by atoms with Crippen molar-refractivity contribution < 1.29 is 24.5 Å². The maximum absolute atomic E-state index is 11.9. The first-order valence-corrected chi connectivity index (χ1v) is 6.36. The predicted octanol–water partition coefficient (Wildman–Crippen LogP) is 0.136. The summed E-state index contributed by atoms with van der Waals surface area (Å²) >= 11 is 0. The third kappa shape index (κ3) is 7.63. The molecule has 0 aromatic heterocycles. The average Bonchev–Trinajstić information content (AvgIpc) is 2.34. The number of carboxylic acid groups (broad SMARTS) is 1. The minimum absolute atomic E-state index is 0.0159. The minimum Gasteiger partial charge on any atom is -0.481 e. The Morgan fingerprint density at radius 1 is 1.26 bits per heavy atom. The van der Waals surface area contributed by atoms with Gasteiger partial charge in [0, 0.05) is 19.1 Å². The molecule has 0 saturated heterocycles. The molecule has 7 nitrogen and oxygen atoms in total. The number of hydrogen-bond donors (Lipinski definition) is 3. The van der Waals surface area contributed by atoms with Crippen molar-refractivity contribution in [2.75, 3.05) is 32.9 Å². The molecule has 0 aromatic rings. The summed E-state index contributed by atoms with van der Waals surface area (Å²) in [4.78, 5) is 24.1. The highest BCUT2D eigenvalue weighted by molar-refractivity contribution is 5.76. The van der Waals surface area contributed by atoms with Crippen LogP contribution in [0.3, 0.4) is 0 Å². The molecule has 0 aliphatic heterocycles. The van der Waals surface area contributed by atoms with E-state index in [1.165, 1.54) is 6.92 Å². The number of nitrogens with one attached hydrogen (secondary N) is 1. The van der Waals surface area contributed by atoms with Crippen LogP contribution in [0.2, 0.25) is 0 Å². The Morgan fingerprint density at radius 2 is 1.89 bits per heavy atom. The summed E-state index contributed by atoms with van der Waals surface area (Å²) in [6, 6.07) is -0.325. The summed E-state index contributed by atoms with van der Waals surface area (Å²) in [6.07, 6.45) is 0. The van der Waals surface area contributed by atoms with Crippen LogP contribution in [0.1, 0.15) is 20.8 Å². The Hall–Kier alpha value is -1.34. The number of urea groups is 1. The molecule has 0 saturated carbocycles. The molecular formula is C12H24N2O5. The van der Waals surface area contributed by atoms with Crippen LogP contribution in [0.15, 0.2) is 0 Å². The monoisotopic (exact) mass is 276 g/mol. The van der Waals surface area contributed by atoms with Crippen LogP contribution in [0.4, 0.5) is 4.79 Å². The van der Waals surface area contributed by atoms with E-state index in [0.29, 0.717) is 13.2 Å². The van der Waals surface area contributed by atoms with Crippen molar-refractivity contribution in [3.05, 3.63) is 0 Å². The van der Waals surface area contributed by atoms with Gasteiger partial charge in [-0.05, 0) is 13.8 Å². The van der Waals surface area contributed by atoms with E-state index in [1.807, 2.05) is 13.8 Å². The number of hydrogen-bond acceptors (Lipinski definition) is 4. The zero-order valence-corrected chi connectivity index (χ0v) is 11.8. The van der Waals surface area contributed by atoms with Gasteiger partial charge in [-0.25, -0.2) is 4.79 Å². The molecule has 3 N–H and O–H groups in total. The molecule has 0 rings (SSSR count). The SMILES string of the molecule is CC(CNC(=O)N(CCOCCO)C(C)C)C(=O)O. The fourth-order valence-electron chi connectivity index (χ4n) is 1.35. The van der Waals surface area contributed by atoms with Crippen molar-refractivity contribution in [2.24, 2.45) is 5.92 Å². The van der Waals surface area contributed by atoms with E-state index in [0.717, 1.165) is 0 Å². The Bertz CT molecular complexity index is 283. The van der Waals surface area contributed by atoms with Gasteiger partial charge in [-0.15, -0.1) is 0 Å². The molecule has 0 spiro atoms. The van der Waals surface area contributed by atoms with Crippen LogP contribution in [-0.2, 0) is 9.53 Å². The number of amides is 2. The van der Waals surface area contributed by atoms with E-state index in [4.69, 9.17) is 14.9 Å². The van der Waals surface area contributed by atoms with Gasteiger partial charge in [0.25, 0.3) is 0 Å². The predicted molar refractivity (Wildman–Crippen MR) is 69.9 cm³/mol. The lowest BCUT2D eigenvalue weighted by Crippen LogP contribution is -2.47.